The molecule has 0 aliphatic carbocycles. The second-order valence-electron chi connectivity index (χ2n) is 3.62. The molecule has 1 amide bonds. The average Bonchev–Trinajstić information content (AvgIpc) is 2.15. The van der Waals surface area contributed by atoms with Crippen molar-refractivity contribution in [2.24, 2.45) is 5.92 Å². The molecule has 0 rings (SSSR count). The fraction of sp³-hybridized carbons (Fsp3) is 0.800. The van der Waals surface area contributed by atoms with Gasteiger partial charge in [0, 0.05) is 6.04 Å². The predicted molar refractivity (Wildman–Crippen MR) is 53.7 cm³/mol. The van der Waals surface area contributed by atoms with Gasteiger partial charge in [0.1, 0.15) is 0 Å². The highest BCUT2D eigenvalue weighted by Crippen LogP contribution is 2.09. The summed E-state index contributed by atoms with van der Waals surface area (Å²) < 4.78 is 4.29. The Bertz CT molecular complexity index is 204. The summed E-state index contributed by atoms with van der Waals surface area (Å²) in [4.78, 5) is 21.8. The van der Waals surface area contributed by atoms with Crippen molar-refractivity contribution >= 4 is 11.9 Å². The number of rotatable bonds is 4. The molecule has 1 N–H and O–H groups in total. The van der Waals surface area contributed by atoms with E-state index in [9.17, 15) is 9.59 Å². The van der Waals surface area contributed by atoms with Gasteiger partial charge < -0.3 is 10.1 Å². The fourth-order valence-electron chi connectivity index (χ4n) is 1.20. The third-order valence-corrected chi connectivity index (χ3v) is 2.20. The van der Waals surface area contributed by atoms with Crippen molar-refractivity contribution in [3.05, 3.63) is 0 Å². The van der Waals surface area contributed by atoms with Gasteiger partial charge in [-0.3, -0.25) is 4.79 Å². The molecule has 0 aromatic carbocycles. The van der Waals surface area contributed by atoms with Gasteiger partial charge in [0.25, 0.3) is 0 Å². The maximum absolute atomic E-state index is 11.1. The summed E-state index contributed by atoms with van der Waals surface area (Å²) in [5.41, 5.74) is 0. The molecule has 0 aliphatic rings. The fourth-order valence-corrected chi connectivity index (χ4v) is 1.20. The van der Waals surface area contributed by atoms with Crippen LogP contribution in [0.3, 0.4) is 0 Å². The molecule has 0 heterocycles. The van der Waals surface area contributed by atoms with Crippen LogP contribution in [-0.2, 0) is 14.3 Å². The van der Waals surface area contributed by atoms with Gasteiger partial charge >= 0.3 is 11.9 Å². The lowest BCUT2D eigenvalue weighted by Gasteiger charge is -2.16. The molecule has 0 aromatic rings. The number of hydrogen-bond donors (Lipinski definition) is 1. The normalized spacial score (nSPS) is 14.3. The molecule has 2 unspecified atom stereocenters. The molecule has 0 aromatic heterocycles. The quantitative estimate of drug-likeness (QED) is 0.547. The number of ether oxygens (including phenoxy) is 1. The Hall–Kier alpha value is -1.06. The first-order chi connectivity index (χ1) is 6.51. The molecule has 0 fully saturated rings. The highest BCUT2D eigenvalue weighted by Gasteiger charge is 2.17. The maximum Gasteiger partial charge on any atom is 0.396 e. The molecule has 0 saturated heterocycles. The van der Waals surface area contributed by atoms with Crippen molar-refractivity contribution in [3.63, 3.8) is 0 Å². The number of amides is 1. The van der Waals surface area contributed by atoms with Crippen molar-refractivity contribution in [2.75, 3.05) is 7.11 Å². The van der Waals surface area contributed by atoms with Gasteiger partial charge in [-0.25, -0.2) is 4.79 Å². The maximum atomic E-state index is 11.1. The number of nitrogens with one attached hydrogen (secondary N) is 1. The van der Waals surface area contributed by atoms with Crippen LogP contribution < -0.4 is 5.32 Å². The van der Waals surface area contributed by atoms with Crippen LogP contribution in [0.1, 0.15) is 33.6 Å². The standard InChI is InChI=1S/C10H19NO3/c1-5-7(2)6-8(3)11-9(12)10(13)14-4/h7-8H,5-6H2,1-4H3,(H,11,12). The largest absolute Gasteiger partial charge is 0.462 e. The number of carbonyl (C=O) groups excluding carboxylic acids is 2. The van der Waals surface area contributed by atoms with Crippen molar-refractivity contribution in [3.8, 4) is 0 Å². The molecule has 82 valence electrons. The van der Waals surface area contributed by atoms with Crippen LogP contribution in [-0.4, -0.2) is 25.0 Å². The minimum absolute atomic E-state index is 0.0107. The van der Waals surface area contributed by atoms with Gasteiger partial charge in [-0.15, -0.1) is 0 Å². The van der Waals surface area contributed by atoms with Crippen molar-refractivity contribution in [1.82, 2.24) is 5.32 Å². The smallest absolute Gasteiger partial charge is 0.396 e. The Morgan fingerprint density at radius 3 is 2.36 bits per heavy atom. The first-order valence-electron chi connectivity index (χ1n) is 4.90. The number of hydrogen-bond acceptors (Lipinski definition) is 3. The number of esters is 1. The molecule has 14 heavy (non-hydrogen) atoms. The van der Waals surface area contributed by atoms with E-state index < -0.39 is 11.9 Å². The Labute approximate surface area is 85.0 Å². The van der Waals surface area contributed by atoms with E-state index in [2.05, 4.69) is 23.9 Å². The minimum Gasteiger partial charge on any atom is -0.462 e. The van der Waals surface area contributed by atoms with E-state index in [-0.39, 0.29) is 6.04 Å². The van der Waals surface area contributed by atoms with E-state index in [4.69, 9.17) is 0 Å². The van der Waals surface area contributed by atoms with Crippen LogP contribution in [0.15, 0.2) is 0 Å². The third-order valence-electron chi connectivity index (χ3n) is 2.20. The van der Waals surface area contributed by atoms with E-state index >= 15 is 0 Å². The molecule has 0 spiro atoms. The molecule has 0 radical (unpaired) electrons. The highest BCUT2D eigenvalue weighted by atomic mass is 16.5. The van der Waals surface area contributed by atoms with Gasteiger partial charge in [0.2, 0.25) is 0 Å². The van der Waals surface area contributed by atoms with Crippen LogP contribution in [0.5, 0.6) is 0 Å². The van der Waals surface area contributed by atoms with Crippen LogP contribution in [0.25, 0.3) is 0 Å². The lowest BCUT2D eigenvalue weighted by atomic mass is 10.0. The van der Waals surface area contributed by atoms with Crippen molar-refractivity contribution in [2.45, 2.75) is 39.7 Å². The summed E-state index contributed by atoms with van der Waals surface area (Å²) in [5, 5.41) is 2.58. The first-order valence-corrected chi connectivity index (χ1v) is 4.90. The van der Waals surface area contributed by atoms with E-state index in [1.165, 1.54) is 7.11 Å². The van der Waals surface area contributed by atoms with Gasteiger partial charge in [-0.05, 0) is 19.3 Å². The summed E-state index contributed by atoms with van der Waals surface area (Å²) >= 11 is 0. The van der Waals surface area contributed by atoms with Crippen LogP contribution in [0.2, 0.25) is 0 Å². The van der Waals surface area contributed by atoms with Gasteiger partial charge in [-0.2, -0.15) is 0 Å². The zero-order valence-corrected chi connectivity index (χ0v) is 9.29. The monoisotopic (exact) mass is 201 g/mol. The molecule has 0 bridgehead atoms. The van der Waals surface area contributed by atoms with Gasteiger partial charge in [0.05, 0.1) is 7.11 Å². The molecule has 0 saturated carbocycles. The Balaban J connectivity index is 3.88. The van der Waals surface area contributed by atoms with Crippen LogP contribution in [0.4, 0.5) is 0 Å². The topological polar surface area (TPSA) is 55.4 Å². The predicted octanol–water partition coefficient (Wildman–Crippen LogP) is 1.10. The van der Waals surface area contributed by atoms with Crippen LogP contribution in [0, 0.1) is 5.92 Å². The SMILES string of the molecule is CCC(C)CC(C)NC(=O)C(=O)OC. The highest BCUT2D eigenvalue weighted by molar-refractivity contribution is 6.32. The molecule has 0 aliphatic heterocycles. The Morgan fingerprint density at radius 2 is 1.93 bits per heavy atom. The Kier molecular flexibility index (Phi) is 5.92. The summed E-state index contributed by atoms with van der Waals surface area (Å²) in [5.74, 6) is -0.952. The summed E-state index contributed by atoms with van der Waals surface area (Å²) in [6.07, 6.45) is 1.94. The van der Waals surface area contributed by atoms with Gasteiger partial charge in [-0.1, -0.05) is 20.3 Å². The lowest BCUT2D eigenvalue weighted by Crippen LogP contribution is -2.38. The second-order valence-corrected chi connectivity index (χ2v) is 3.62. The van der Waals surface area contributed by atoms with Crippen LogP contribution >= 0.6 is 0 Å². The molecular weight excluding hydrogens is 182 g/mol. The van der Waals surface area contributed by atoms with E-state index in [0.29, 0.717) is 5.92 Å². The lowest BCUT2D eigenvalue weighted by molar-refractivity contribution is -0.153. The van der Waals surface area contributed by atoms with Crippen molar-refractivity contribution < 1.29 is 14.3 Å². The van der Waals surface area contributed by atoms with E-state index in [1.54, 1.807) is 0 Å². The minimum atomic E-state index is -0.832. The zero-order valence-electron chi connectivity index (χ0n) is 9.29. The number of carbonyl (C=O) groups is 2. The van der Waals surface area contributed by atoms with Gasteiger partial charge in [0.15, 0.2) is 0 Å². The number of methoxy groups -OCH3 is 1. The third kappa shape index (κ3) is 4.84. The molecule has 4 nitrogen and oxygen atoms in total. The molecular formula is C10H19NO3. The summed E-state index contributed by atoms with van der Waals surface area (Å²) in [7, 11) is 1.20. The summed E-state index contributed by atoms with van der Waals surface area (Å²) in [6.45, 7) is 6.09. The molecule has 2 atom stereocenters. The van der Waals surface area contributed by atoms with E-state index in [1.807, 2.05) is 6.92 Å². The van der Waals surface area contributed by atoms with E-state index in [0.717, 1.165) is 12.8 Å². The first kappa shape index (κ1) is 12.9. The average molecular weight is 201 g/mol. The Morgan fingerprint density at radius 1 is 1.36 bits per heavy atom. The summed E-state index contributed by atoms with van der Waals surface area (Å²) in [6, 6.07) is 0.0107. The second kappa shape index (κ2) is 6.40. The van der Waals surface area contributed by atoms with Crippen molar-refractivity contribution in [1.29, 1.82) is 0 Å². The zero-order chi connectivity index (χ0) is 11.1. The molecule has 4 heteroatoms.